The molecule has 0 bridgehead atoms. The minimum absolute atomic E-state index is 0.0529. The van der Waals surface area contributed by atoms with Crippen LogP contribution in [0, 0.1) is 23.6 Å². The van der Waals surface area contributed by atoms with Gasteiger partial charge in [-0.3, -0.25) is 4.79 Å². The van der Waals surface area contributed by atoms with Crippen molar-refractivity contribution in [3.8, 4) is 17.6 Å². The van der Waals surface area contributed by atoms with E-state index in [1.807, 2.05) is 16.7 Å². The fraction of sp³-hybridized carbons (Fsp3) is 0.333. The molecule has 30 heavy (non-hydrogen) atoms. The fourth-order valence-corrected chi connectivity index (χ4v) is 3.44. The molecule has 2 heterocycles. The largest absolute Gasteiger partial charge is 0.489 e. The van der Waals surface area contributed by atoms with Crippen LogP contribution >= 0.6 is 0 Å². The molecule has 0 amide bonds. The van der Waals surface area contributed by atoms with Gasteiger partial charge in [-0.1, -0.05) is 31.9 Å². The molecule has 6 heteroatoms. The third kappa shape index (κ3) is 4.98. The Balaban J connectivity index is 1.77. The van der Waals surface area contributed by atoms with Crippen LogP contribution in [0.4, 0.5) is 4.39 Å². The topological polar surface area (TPSA) is 64.3 Å². The van der Waals surface area contributed by atoms with Crippen LogP contribution in [0.2, 0.25) is 0 Å². The third-order valence-corrected chi connectivity index (χ3v) is 4.73. The quantitative estimate of drug-likeness (QED) is 0.533. The molecule has 5 nitrogen and oxygen atoms in total. The van der Waals surface area contributed by atoms with Gasteiger partial charge in [0, 0.05) is 24.5 Å². The van der Waals surface area contributed by atoms with Crippen LogP contribution in [-0.4, -0.2) is 20.6 Å². The maximum Gasteiger partial charge on any atom is 0.304 e. The molecular formula is C24H25FN2O3. The van der Waals surface area contributed by atoms with Gasteiger partial charge < -0.3 is 14.4 Å². The van der Waals surface area contributed by atoms with Crippen LogP contribution < -0.4 is 4.74 Å². The van der Waals surface area contributed by atoms with Crippen molar-refractivity contribution in [3.63, 3.8) is 0 Å². The van der Waals surface area contributed by atoms with Crippen LogP contribution in [-0.2, 0) is 17.9 Å². The molecule has 0 spiro atoms. The number of carbonyl (C=O) groups is 1. The first-order valence-corrected chi connectivity index (χ1v) is 9.88. The number of fused-ring (bicyclic) bond motifs is 1. The standard InChI is InChI=1S/C24H25FN2O3/c1-4-5-18(12-22(28)29)17-6-8-20(9-7-17)30-15-19-10-11-26-24-23(19)21(25)14-27(24)13-16(2)3/h6-11,14,16,18H,12-13,15H2,1-3H3,(H,28,29). The average molecular weight is 408 g/mol. The molecule has 1 N–H and O–H groups in total. The number of benzene rings is 1. The predicted octanol–water partition coefficient (Wildman–Crippen LogP) is 4.99. The van der Waals surface area contributed by atoms with E-state index in [9.17, 15) is 9.18 Å². The van der Waals surface area contributed by atoms with Crippen molar-refractivity contribution in [1.29, 1.82) is 0 Å². The van der Waals surface area contributed by atoms with Crippen molar-refractivity contribution in [3.05, 3.63) is 59.7 Å². The Bertz CT molecular complexity index is 1090. The fourth-order valence-electron chi connectivity index (χ4n) is 3.44. The Kier molecular flexibility index (Phi) is 6.73. The van der Waals surface area contributed by atoms with E-state index in [1.165, 1.54) is 6.20 Å². The Labute approximate surface area is 175 Å². The SMILES string of the molecule is CC#CC(CC(=O)O)c1ccc(OCc2ccnc3c2c(F)cn3CC(C)C)cc1. The number of hydrogen-bond acceptors (Lipinski definition) is 3. The summed E-state index contributed by atoms with van der Waals surface area (Å²) >= 11 is 0. The zero-order chi connectivity index (χ0) is 21.7. The number of halogens is 1. The number of carboxylic acid groups (broad SMARTS) is 1. The van der Waals surface area contributed by atoms with Gasteiger partial charge in [-0.25, -0.2) is 9.37 Å². The highest BCUT2D eigenvalue weighted by Crippen LogP contribution is 2.26. The number of ether oxygens (including phenoxy) is 1. The lowest BCUT2D eigenvalue weighted by Gasteiger charge is -2.11. The van der Waals surface area contributed by atoms with E-state index < -0.39 is 5.97 Å². The molecule has 0 fully saturated rings. The van der Waals surface area contributed by atoms with Gasteiger partial charge in [-0.2, -0.15) is 0 Å². The third-order valence-electron chi connectivity index (χ3n) is 4.73. The molecule has 156 valence electrons. The molecule has 3 rings (SSSR count). The summed E-state index contributed by atoms with van der Waals surface area (Å²) in [5, 5.41) is 9.55. The maximum atomic E-state index is 14.6. The smallest absolute Gasteiger partial charge is 0.304 e. The molecule has 3 aromatic rings. The normalized spacial score (nSPS) is 11.9. The van der Waals surface area contributed by atoms with Crippen LogP contribution in [0.25, 0.3) is 11.0 Å². The zero-order valence-corrected chi connectivity index (χ0v) is 17.4. The number of hydrogen-bond donors (Lipinski definition) is 1. The Morgan fingerprint density at radius 1 is 1.27 bits per heavy atom. The molecule has 0 aliphatic rings. The van der Waals surface area contributed by atoms with Crippen molar-refractivity contribution in [2.75, 3.05) is 0 Å². The molecule has 1 atom stereocenters. The lowest BCUT2D eigenvalue weighted by molar-refractivity contribution is -0.137. The van der Waals surface area contributed by atoms with E-state index in [1.54, 1.807) is 31.3 Å². The van der Waals surface area contributed by atoms with E-state index in [0.717, 1.165) is 11.1 Å². The molecule has 0 saturated heterocycles. The van der Waals surface area contributed by atoms with Crippen LogP contribution in [0.3, 0.4) is 0 Å². The van der Waals surface area contributed by atoms with Gasteiger partial charge in [0.1, 0.15) is 18.0 Å². The van der Waals surface area contributed by atoms with Crippen molar-refractivity contribution < 1.29 is 19.0 Å². The summed E-state index contributed by atoms with van der Waals surface area (Å²) in [5.41, 5.74) is 2.17. The highest BCUT2D eigenvalue weighted by Gasteiger charge is 2.16. The average Bonchev–Trinajstić information content (AvgIpc) is 3.01. The van der Waals surface area contributed by atoms with Crippen molar-refractivity contribution in [2.45, 2.75) is 46.3 Å². The second-order valence-corrected chi connectivity index (χ2v) is 7.59. The number of pyridine rings is 1. The van der Waals surface area contributed by atoms with Crippen molar-refractivity contribution in [1.82, 2.24) is 9.55 Å². The highest BCUT2D eigenvalue weighted by molar-refractivity contribution is 5.80. The monoisotopic (exact) mass is 408 g/mol. The number of aromatic nitrogens is 2. The van der Waals surface area contributed by atoms with Crippen molar-refractivity contribution >= 4 is 17.0 Å². The van der Waals surface area contributed by atoms with Crippen LogP contribution in [0.15, 0.2) is 42.7 Å². The molecule has 1 aromatic carbocycles. The van der Waals surface area contributed by atoms with E-state index >= 15 is 0 Å². The summed E-state index contributed by atoms with van der Waals surface area (Å²) in [5.74, 6) is 5.14. The van der Waals surface area contributed by atoms with Gasteiger partial charge in [0.25, 0.3) is 0 Å². The minimum Gasteiger partial charge on any atom is -0.489 e. The van der Waals surface area contributed by atoms with Crippen LogP contribution in [0.5, 0.6) is 5.75 Å². The predicted molar refractivity (Wildman–Crippen MR) is 114 cm³/mol. The van der Waals surface area contributed by atoms with Crippen LogP contribution in [0.1, 0.15) is 44.2 Å². The molecule has 0 aliphatic heterocycles. The number of carboxylic acids is 1. The summed E-state index contributed by atoms with van der Waals surface area (Å²) in [6.07, 6.45) is 3.11. The van der Waals surface area contributed by atoms with E-state index in [2.05, 4.69) is 30.7 Å². The summed E-state index contributed by atoms with van der Waals surface area (Å²) < 4.78 is 22.3. The lowest BCUT2D eigenvalue weighted by Crippen LogP contribution is -2.05. The first kappa shape index (κ1) is 21.4. The number of rotatable bonds is 8. The Morgan fingerprint density at radius 2 is 2.00 bits per heavy atom. The van der Waals surface area contributed by atoms with Gasteiger partial charge in [-0.15, -0.1) is 5.92 Å². The van der Waals surface area contributed by atoms with E-state index in [0.29, 0.717) is 29.2 Å². The number of aliphatic carboxylic acids is 1. The summed E-state index contributed by atoms with van der Waals surface area (Å²) in [7, 11) is 0. The summed E-state index contributed by atoms with van der Waals surface area (Å²) in [6.45, 7) is 6.74. The minimum atomic E-state index is -0.892. The first-order valence-electron chi connectivity index (χ1n) is 9.88. The first-order chi connectivity index (χ1) is 14.4. The molecule has 0 radical (unpaired) electrons. The lowest BCUT2D eigenvalue weighted by atomic mass is 9.96. The number of nitrogens with zero attached hydrogens (tertiary/aromatic N) is 2. The Morgan fingerprint density at radius 3 is 2.63 bits per heavy atom. The second kappa shape index (κ2) is 9.45. The molecule has 1 unspecified atom stereocenters. The highest BCUT2D eigenvalue weighted by atomic mass is 19.1. The van der Waals surface area contributed by atoms with Gasteiger partial charge in [0.15, 0.2) is 5.82 Å². The van der Waals surface area contributed by atoms with Gasteiger partial charge in [0.2, 0.25) is 0 Å². The van der Waals surface area contributed by atoms with Gasteiger partial charge in [0.05, 0.1) is 17.7 Å². The summed E-state index contributed by atoms with van der Waals surface area (Å²) in [4.78, 5) is 15.4. The van der Waals surface area contributed by atoms with E-state index in [4.69, 9.17) is 9.84 Å². The van der Waals surface area contributed by atoms with Crippen molar-refractivity contribution in [2.24, 2.45) is 5.92 Å². The second-order valence-electron chi connectivity index (χ2n) is 7.59. The van der Waals surface area contributed by atoms with E-state index in [-0.39, 0.29) is 24.8 Å². The molecule has 0 saturated carbocycles. The summed E-state index contributed by atoms with van der Waals surface area (Å²) in [6, 6.07) is 8.95. The Hall–Kier alpha value is -3.33. The molecular weight excluding hydrogens is 383 g/mol. The zero-order valence-electron chi connectivity index (χ0n) is 17.4. The van der Waals surface area contributed by atoms with Gasteiger partial charge >= 0.3 is 5.97 Å². The van der Waals surface area contributed by atoms with Gasteiger partial charge in [-0.05, 0) is 36.6 Å². The maximum absolute atomic E-state index is 14.6. The molecule has 0 aliphatic carbocycles. The molecule has 2 aromatic heterocycles.